The smallest absolute Gasteiger partial charge is 0.339 e. The first-order valence-corrected chi connectivity index (χ1v) is 7.97. The monoisotopic (exact) mass is 310 g/mol. The van der Waals surface area contributed by atoms with Crippen molar-refractivity contribution in [1.82, 2.24) is 0 Å². The van der Waals surface area contributed by atoms with E-state index in [1.165, 1.54) is 23.3 Å². The van der Waals surface area contributed by atoms with Gasteiger partial charge in [0.15, 0.2) is 0 Å². The summed E-state index contributed by atoms with van der Waals surface area (Å²) >= 11 is 0. The van der Waals surface area contributed by atoms with E-state index in [0.717, 1.165) is 26.9 Å². The first-order chi connectivity index (χ1) is 11.8. The van der Waals surface area contributed by atoms with Crippen LogP contribution in [-0.2, 0) is 4.74 Å². The lowest BCUT2D eigenvalue weighted by Gasteiger charge is -1.98. The maximum atomic E-state index is 12.6. The molecule has 0 heterocycles. The summed E-state index contributed by atoms with van der Waals surface area (Å²) in [6, 6.07) is 22.7. The molecule has 0 aliphatic carbocycles. The Kier molecular flexibility index (Phi) is 2.60. The van der Waals surface area contributed by atoms with Crippen molar-refractivity contribution in [3.8, 4) is 0 Å². The van der Waals surface area contributed by atoms with E-state index in [-0.39, 0.29) is 5.97 Å². The standard InChI is InChI=1S/C22H14O2/c1-24-22(23)21-15-9-4-2-3-8-14(15)19-16-10-6-5-7-13-11-12-17(18(13)16)20(19)21/h2-12H,1H3. The van der Waals surface area contributed by atoms with E-state index < -0.39 is 0 Å². The van der Waals surface area contributed by atoms with Crippen molar-refractivity contribution >= 4 is 49.1 Å². The van der Waals surface area contributed by atoms with Crippen LogP contribution >= 0.6 is 0 Å². The molecule has 5 aromatic rings. The van der Waals surface area contributed by atoms with Gasteiger partial charge in [-0.05, 0) is 37.7 Å². The summed E-state index contributed by atoms with van der Waals surface area (Å²) in [5.41, 5.74) is 0.671. The molecule has 0 aliphatic heterocycles. The molecule has 2 nitrogen and oxygen atoms in total. The van der Waals surface area contributed by atoms with Gasteiger partial charge in [0.25, 0.3) is 0 Å². The Morgan fingerprint density at radius 1 is 0.667 bits per heavy atom. The van der Waals surface area contributed by atoms with Crippen molar-refractivity contribution in [2.24, 2.45) is 0 Å². The van der Waals surface area contributed by atoms with Gasteiger partial charge >= 0.3 is 5.97 Å². The molecule has 0 aliphatic rings. The lowest BCUT2D eigenvalue weighted by molar-refractivity contribution is 0.0605. The second-order valence-corrected chi connectivity index (χ2v) is 6.06. The quantitative estimate of drug-likeness (QED) is 0.381. The Morgan fingerprint density at radius 3 is 2.17 bits per heavy atom. The van der Waals surface area contributed by atoms with Gasteiger partial charge in [-0.2, -0.15) is 0 Å². The summed E-state index contributed by atoms with van der Waals surface area (Å²) in [6.45, 7) is 0. The molecule has 0 fully saturated rings. The average molecular weight is 310 g/mol. The fraction of sp³-hybridized carbons (Fsp3) is 0.0455. The Morgan fingerprint density at radius 2 is 1.33 bits per heavy atom. The van der Waals surface area contributed by atoms with Crippen LogP contribution in [0.25, 0.3) is 43.1 Å². The van der Waals surface area contributed by atoms with Crippen LogP contribution in [0.2, 0.25) is 0 Å². The molecule has 2 heteroatoms. The number of hydrogen-bond donors (Lipinski definition) is 0. The van der Waals surface area contributed by atoms with Crippen LogP contribution in [0.15, 0.2) is 66.7 Å². The van der Waals surface area contributed by atoms with E-state index in [1.807, 2.05) is 24.3 Å². The number of ether oxygens (including phenoxy) is 1. The minimum Gasteiger partial charge on any atom is -0.465 e. The minimum atomic E-state index is -0.279. The lowest BCUT2D eigenvalue weighted by atomic mass is 10.1. The molecule has 5 aromatic carbocycles. The summed E-state index contributed by atoms with van der Waals surface area (Å²) in [6.07, 6.45) is 0. The Labute approximate surface area is 138 Å². The third-order valence-electron chi connectivity index (χ3n) is 4.91. The maximum Gasteiger partial charge on any atom is 0.339 e. The fourth-order valence-electron chi connectivity index (χ4n) is 3.99. The zero-order chi connectivity index (χ0) is 16.3. The van der Waals surface area contributed by atoms with Gasteiger partial charge in [-0.15, -0.1) is 0 Å². The number of carbonyl (C=O) groups is 1. The number of methoxy groups -OCH3 is 1. The van der Waals surface area contributed by atoms with Crippen LogP contribution in [0, 0.1) is 0 Å². The predicted octanol–water partition coefficient (Wildman–Crippen LogP) is 5.52. The molecule has 0 saturated carbocycles. The molecule has 0 spiro atoms. The highest BCUT2D eigenvalue weighted by molar-refractivity contribution is 6.42. The minimum absolute atomic E-state index is 0.279. The fourth-order valence-corrected chi connectivity index (χ4v) is 3.99. The maximum absolute atomic E-state index is 12.6. The van der Waals surface area contributed by atoms with Gasteiger partial charge < -0.3 is 4.74 Å². The highest BCUT2D eigenvalue weighted by atomic mass is 16.5. The van der Waals surface area contributed by atoms with Crippen LogP contribution in [0.4, 0.5) is 0 Å². The molecule has 0 saturated heterocycles. The number of rotatable bonds is 1. The van der Waals surface area contributed by atoms with Gasteiger partial charge in [0.2, 0.25) is 0 Å². The molecule has 0 amide bonds. The van der Waals surface area contributed by atoms with E-state index in [4.69, 9.17) is 4.74 Å². The average Bonchev–Trinajstić information content (AvgIpc) is 3.08. The molecule has 114 valence electrons. The lowest BCUT2D eigenvalue weighted by Crippen LogP contribution is -1.99. The third kappa shape index (κ3) is 1.52. The van der Waals surface area contributed by atoms with Crippen LogP contribution in [-0.4, -0.2) is 13.1 Å². The van der Waals surface area contributed by atoms with Crippen LogP contribution in [0.3, 0.4) is 0 Å². The van der Waals surface area contributed by atoms with Gasteiger partial charge in [-0.1, -0.05) is 66.7 Å². The van der Waals surface area contributed by atoms with Crippen LogP contribution < -0.4 is 0 Å². The Balaban J connectivity index is 2.20. The molecule has 0 N–H and O–H groups in total. The highest BCUT2D eigenvalue weighted by Gasteiger charge is 2.24. The molecule has 24 heavy (non-hydrogen) atoms. The Hall–Kier alpha value is -3.13. The van der Waals surface area contributed by atoms with E-state index in [0.29, 0.717) is 5.56 Å². The largest absolute Gasteiger partial charge is 0.465 e. The van der Waals surface area contributed by atoms with Crippen molar-refractivity contribution in [1.29, 1.82) is 0 Å². The summed E-state index contributed by atoms with van der Waals surface area (Å²) in [5.74, 6) is -0.279. The van der Waals surface area contributed by atoms with Gasteiger partial charge in [-0.25, -0.2) is 4.79 Å². The van der Waals surface area contributed by atoms with Crippen molar-refractivity contribution in [3.05, 3.63) is 72.3 Å². The third-order valence-corrected chi connectivity index (χ3v) is 4.91. The van der Waals surface area contributed by atoms with Crippen LogP contribution in [0.1, 0.15) is 10.4 Å². The van der Waals surface area contributed by atoms with Gasteiger partial charge in [0, 0.05) is 5.39 Å². The first-order valence-electron chi connectivity index (χ1n) is 7.97. The normalized spacial score (nSPS) is 11.7. The molecular formula is C22H14O2. The summed E-state index contributed by atoms with van der Waals surface area (Å²) in [4.78, 5) is 12.6. The molecule has 0 atom stereocenters. The molecule has 0 aromatic heterocycles. The number of carbonyl (C=O) groups excluding carboxylic acids is 1. The highest BCUT2D eigenvalue weighted by Crippen LogP contribution is 2.46. The molecule has 5 rings (SSSR count). The van der Waals surface area contributed by atoms with Crippen molar-refractivity contribution in [3.63, 3.8) is 0 Å². The number of esters is 1. The second kappa shape index (κ2) is 4.68. The first kappa shape index (κ1) is 13.3. The second-order valence-electron chi connectivity index (χ2n) is 6.06. The van der Waals surface area contributed by atoms with E-state index in [9.17, 15) is 4.79 Å². The molecule has 0 bridgehead atoms. The van der Waals surface area contributed by atoms with Gasteiger partial charge in [0.1, 0.15) is 0 Å². The summed E-state index contributed by atoms with van der Waals surface area (Å²) < 4.78 is 5.11. The topological polar surface area (TPSA) is 26.3 Å². The molecule has 0 unspecified atom stereocenters. The van der Waals surface area contributed by atoms with Crippen molar-refractivity contribution in [2.45, 2.75) is 0 Å². The SMILES string of the molecule is COC(=O)c1c2cccccc2c2c3ccccc4ccc(c12)c43. The molecular weight excluding hydrogens is 296 g/mol. The number of fused-ring (bicyclic) bond motifs is 5. The van der Waals surface area contributed by atoms with E-state index >= 15 is 0 Å². The van der Waals surface area contributed by atoms with Crippen molar-refractivity contribution in [2.75, 3.05) is 7.11 Å². The van der Waals surface area contributed by atoms with Gasteiger partial charge in [0.05, 0.1) is 12.7 Å². The predicted molar refractivity (Wildman–Crippen MR) is 99.0 cm³/mol. The zero-order valence-electron chi connectivity index (χ0n) is 13.2. The van der Waals surface area contributed by atoms with Gasteiger partial charge in [-0.3, -0.25) is 0 Å². The van der Waals surface area contributed by atoms with E-state index in [1.54, 1.807) is 0 Å². The summed E-state index contributed by atoms with van der Waals surface area (Å²) in [7, 11) is 1.44. The number of hydrogen-bond acceptors (Lipinski definition) is 2. The van der Waals surface area contributed by atoms with Crippen molar-refractivity contribution < 1.29 is 9.53 Å². The zero-order valence-corrected chi connectivity index (χ0v) is 13.2. The van der Waals surface area contributed by atoms with E-state index in [2.05, 4.69) is 42.5 Å². The summed E-state index contributed by atoms with van der Waals surface area (Å²) in [5, 5.41) is 8.95. The Bertz CT molecular complexity index is 1250. The van der Waals surface area contributed by atoms with Crippen LogP contribution in [0.5, 0.6) is 0 Å². The molecule has 0 radical (unpaired) electrons.